The predicted octanol–water partition coefficient (Wildman–Crippen LogP) is 5.53. The number of halogens is 4. The summed E-state index contributed by atoms with van der Waals surface area (Å²) < 4.78 is 39.6. The summed E-state index contributed by atoms with van der Waals surface area (Å²) >= 11 is 8.10. The van der Waals surface area contributed by atoms with Gasteiger partial charge in [-0.15, -0.1) is 0 Å². The predicted molar refractivity (Wildman–Crippen MR) is 110 cm³/mol. The molecule has 2 rings (SSSR count). The first kappa shape index (κ1) is 24.8. The van der Waals surface area contributed by atoms with Crippen molar-refractivity contribution in [3.8, 4) is 0 Å². The Hall–Kier alpha value is 0.760. The van der Waals surface area contributed by atoms with Crippen LogP contribution >= 0.6 is 51.2 Å². The van der Waals surface area contributed by atoms with Crippen LogP contribution in [0.15, 0.2) is 51.4 Å². The summed E-state index contributed by atoms with van der Waals surface area (Å²) in [6.07, 6.45) is 0.668. The van der Waals surface area contributed by atoms with Gasteiger partial charge in [-0.1, -0.05) is 56.1 Å². The van der Waals surface area contributed by atoms with Crippen LogP contribution < -0.4 is 0 Å². The van der Waals surface area contributed by atoms with Gasteiger partial charge < -0.3 is 9.79 Å². The van der Waals surface area contributed by atoms with Crippen molar-refractivity contribution in [2.45, 2.75) is 17.8 Å². The first-order valence-electron chi connectivity index (χ1n) is 7.16. The van der Waals surface area contributed by atoms with Gasteiger partial charge in [0.05, 0.1) is 0 Å². The van der Waals surface area contributed by atoms with Gasteiger partial charge in [0.1, 0.15) is 0 Å². The molecule has 2 aromatic rings. The van der Waals surface area contributed by atoms with E-state index in [1.54, 1.807) is 11.8 Å². The van der Waals surface area contributed by atoms with Gasteiger partial charge in [-0.25, -0.2) is 0 Å². The van der Waals surface area contributed by atoms with E-state index in [2.05, 4.69) is 31.9 Å². The summed E-state index contributed by atoms with van der Waals surface area (Å²) in [4.78, 5) is 17.7. The zero-order chi connectivity index (χ0) is 18.7. The second-order valence-corrected chi connectivity index (χ2v) is 9.85. The van der Waals surface area contributed by atoms with Crippen LogP contribution in [-0.4, -0.2) is 45.1 Å². The molecular formula is C16H15Br2F2NaO3PS. The zero-order valence-corrected chi connectivity index (χ0v) is 20.7. The minimum absolute atomic E-state index is 0. The maximum absolute atomic E-state index is 13.8. The van der Waals surface area contributed by atoms with Crippen LogP contribution in [0.1, 0.15) is 16.7 Å². The Kier molecular flexibility index (Phi) is 10.0. The molecule has 0 spiro atoms. The van der Waals surface area contributed by atoms with Crippen LogP contribution in [0.25, 0.3) is 0 Å². The summed E-state index contributed by atoms with van der Waals surface area (Å²) in [5, 5.41) is 0. The minimum atomic E-state index is -5.57. The van der Waals surface area contributed by atoms with Crippen molar-refractivity contribution >= 4 is 80.8 Å². The van der Waals surface area contributed by atoms with E-state index in [4.69, 9.17) is 9.79 Å². The van der Waals surface area contributed by atoms with E-state index in [0.29, 0.717) is 6.42 Å². The molecule has 2 N–H and O–H groups in total. The van der Waals surface area contributed by atoms with Crippen molar-refractivity contribution in [3.63, 3.8) is 0 Å². The quantitative estimate of drug-likeness (QED) is 0.276. The third kappa shape index (κ3) is 6.68. The molecule has 0 aromatic heterocycles. The van der Waals surface area contributed by atoms with Gasteiger partial charge in [0, 0.05) is 49.8 Å². The molecule has 2 aromatic carbocycles. The Bertz CT molecular complexity index is 788. The smallest absolute Gasteiger partial charge is 0.320 e. The minimum Gasteiger partial charge on any atom is -0.320 e. The summed E-state index contributed by atoms with van der Waals surface area (Å²) in [6.45, 7) is 0. The van der Waals surface area contributed by atoms with Crippen molar-refractivity contribution in [1.82, 2.24) is 0 Å². The van der Waals surface area contributed by atoms with E-state index < -0.39 is 18.8 Å². The van der Waals surface area contributed by atoms with Crippen LogP contribution in [0.4, 0.5) is 8.78 Å². The summed E-state index contributed by atoms with van der Waals surface area (Å²) in [5.74, 6) is 1.65. The van der Waals surface area contributed by atoms with Gasteiger partial charge in [0.25, 0.3) is 0 Å². The van der Waals surface area contributed by atoms with Crippen LogP contribution in [0, 0.1) is 0 Å². The van der Waals surface area contributed by atoms with Gasteiger partial charge in [-0.05, 0) is 41.5 Å². The van der Waals surface area contributed by atoms with Crippen LogP contribution in [0.2, 0.25) is 0 Å². The molecule has 0 aliphatic heterocycles. The molecule has 0 unspecified atom stereocenters. The molecule has 0 amide bonds. The molecule has 0 atom stereocenters. The number of rotatable bonds is 7. The van der Waals surface area contributed by atoms with Crippen molar-refractivity contribution < 1.29 is 23.1 Å². The molecule has 0 aliphatic carbocycles. The fourth-order valence-electron chi connectivity index (χ4n) is 2.08. The first-order chi connectivity index (χ1) is 11.6. The molecule has 0 fully saturated rings. The molecular weight excluding hydrogens is 524 g/mol. The molecule has 10 heteroatoms. The summed E-state index contributed by atoms with van der Waals surface area (Å²) in [6, 6.07) is 12.1. The third-order valence-electron chi connectivity index (χ3n) is 3.44. The Labute approximate surface area is 194 Å². The van der Waals surface area contributed by atoms with Gasteiger partial charge >= 0.3 is 13.3 Å². The Morgan fingerprint density at radius 3 is 2.15 bits per heavy atom. The molecule has 0 saturated heterocycles. The molecule has 26 heavy (non-hydrogen) atoms. The van der Waals surface area contributed by atoms with E-state index in [-0.39, 0.29) is 34.0 Å². The maximum Gasteiger partial charge on any atom is 0.399 e. The number of aryl methyl sites for hydroxylation is 1. The Balaban J connectivity index is 0.00000338. The largest absolute Gasteiger partial charge is 0.399 e. The average molecular weight is 539 g/mol. The number of benzene rings is 2. The normalized spacial score (nSPS) is 11.9. The molecule has 0 heterocycles. The Morgan fingerprint density at radius 1 is 1.04 bits per heavy atom. The molecule has 0 bridgehead atoms. The first-order valence-corrected chi connectivity index (χ1v) is 11.5. The standard InChI is InChI=1S/C16H15Br2F2O3PS.Na/c17-13-4-1-12(2-5-13)10-25-8-7-11-3-6-14(15(18)9-11)16(19,20)24(21,22)23;/h1-6,9H,7-8,10H2,(H2,21,22,23);. The van der Waals surface area contributed by atoms with Gasteiger partial charge in [-0.2, -0.15) is 20.5 Å². The van der Waals surface area contributed by atoms with Crippen molar-refractivity contribution in [2.24, 2.45) is 0 Å². The number of hydrogen-bond acceptors (Lipinski definition) is 2. The molecule has 3 nitrogen and oxygen atoms in total. The van der Waals surface area contributed by atoms with Crippen molar-refractivity contribution in [1.29, 1.82) is 0 Å². The maximum atomic E-state index is 13.8. The number of thioether (sulfide) groups is 1. The Morgan fingerprint density at radius 2 is 1.62 bits per heavy atom. The molecule has 137 valence electrons. The van der Waals surface area contributed by atoms with Crippen LogP contribution in [0.5, 0.6) is 0 Å². The second-order valence-electron chi connectivity index (χ2n) is 5.33. The third-order valence-corrected chi connectivity index (χ3v) is 6.63. The molecule has 0 aliphatic rings. The van der Waals surface area contributed by atoms with Crippen LogP contribution in [-0.2, 0) is 22.4 Å². The van der Waals surface area contributed by atoms with Crippen LogP contribution in [0.3, 0.4) is 0 Å². The van der Waals surface area contributed by atoms with Crippen molar-refractivity contribution in [3.05, 3.63) is 68.1 Å². The van der Waals surface area contributed by atoms with E-state index >= 15 is 0 Å². The fourth-order valence-corrected chi connectivity index (χ4v) is 4.63. The SMILES string of the molecule is O=P(O)(O)C(F)(F)c1ccc(CCSCc2ccc(Br)cc2)cc1Br.[Na]. The van der Waals surface area contributed by atoms with E-state index in [1.807, 2.05) is 24.3 Å². The fraction of sp³-hybridized carbons (Fsp3) is 0.250. The van der Waals surface area contributed by atoms with Gasteiger partial charge in [0.2, 0.25) is 0 Å². The molecule has 1 radical (unpaired) electrons. The van der Waals surface area contributed by atoms with E-state index in [9.17, 15) is 13.3 Å². The second kappa shape index (κ2) is 10.5. The van der Waals surface area contributed by atoms with Gasteiger partial charge in [0.15, 0.2) is 0 Å². The summed E-state index contributed by atoms with van der Waals surface area (Å²) in [5.41, 5.74) is -2.89. The monoisotopic (exact) mass is 537 g/mol. The van der Waals surface area contributed by atoms with E-state index in [0.717, 1.165) is 27.6 Å². The molecule has 0 saturated carbocycles. The summed E-state index contributed by atoms with van der Waals surface area (Å²) in [7, 11) is -5.57. The van der Waals surface area contributed by atoms with Crippen molar-refractivity contribution in [2.75, 3.05) is 5.75 Å². The van der Waals surface area contributed by atoms with Gasteiger partial charge in [-0.3, -0.25) is 4.57 Å². The topological polar surface area (TPSA) is 57.5 Å². The number of alkyl halides is 2. The van der Waals surface area contributed by atoms with E-state index in [1.165, 1.54) is 17.7 Å². The average Bonchev–Trinajstić information content (AvgIpc) is 2.52. The zero-order valence-electron chi connectivity index (χ0n) is 13.8. The number of hydrogen-bond donors (Lipinski definition) is 2.